The second-order valence-corrected chi connectivity index (χ2v) is 5.20. The summed E-state index contributed by atoms with van der Waals surface area (Å²) in [4.78, 5) is 25.5. The van der Waals surface area contributed by atoms with Crippen molar-refractivity contribution in [3.05, 3.63) is 29.8 Å². The number of carbonyl (C=O) groups excluding carboxylic acids is 2. The number of carbonyl (C=O) groups is 2. The first-order valence-corrected chi connectivity index (χ1v) is 6.59. The molecule has 0 aromatic heterocycles. The molecule has 5 nitrogen and oxygen atoms in total. The van der Waals surface area contributed by atoms with Crippen LogP contribution >= 0.6 is 0 Å². The fraction of sp³-hybridized carbons (Fsp3) is 0.429. The molecule has 100 valence electrons. The Balaban J connectivity index is 1.88. The van der Waals surface area contributed by atoms with Crippen LogP contribution in [0, 0.1) is 0 Å². The molecule has 3 N–H and O–H groups in total. The standard InChI is InChI=1S/C14H17N3O2/c15-10-7-9-3-1-2-4-12(9)17(8-10)14(19)11-5-6-13(18)16-11/h1-4,10-11H,5-8,15H2,(H,16,18)/t10?,11-/m1/s1. The Kier molecular flexibility index (Phi) is 2.98. The lowest BCUT2D eigenvalue weighted by Crippen LogP contribution is -2.51. The van der Waals surface area contributed by atoms with E-state index in [4.69, 9.17) is 5.73 Å². The summed E-state index contributed by atoms with van der Waals surface area (Å²) >= 11 is 0. The molecule has 0 aliphatic carbocycles. The van der Waals surface area contributed by atoms with Crippen molar-refractivity contribution >= 4 is 17.5 Å². The minimum Gasteiger partial charge on any atom is -0.344 e. The molecular formula is C14H17N3O2. The third-order valence-electron chi connectivity index (χ3n) is 3.74. The lowest BCUT2D eigenvalue weighted by molar-refractivity contribution is -0.124. The minimum absolute atomic E-state index is 0.0454. The highest BCUT2D eigenvalue weighted by Gasteiger charge is 2.34. The molecule has 2 aliphatic rings. The summed E-state index contributed by atoms with van der Waals surface area (Å²) in [6, 6.07) is 7.37. The number of rotatable bonds is 1. The smallest absolute Gasteiger partial charge is 0.249 e. The molecule has 1 aromatic carbocycles. The van der Waals surface area contributed by atoms with Gasteiger partial charge in [0.15, 0.2) is 0 Å². The number of hydrogen-bond donors (Lipinski definition) is 2. The molecule has 0 spiro atoms. The van der Waals surface area contributed by atoms with Crippen molar-refractivity contribution in [2.45, 2.75) is 31.3 Å². The van der Waals surface area contributed by atoms with Gasteiger partial charge in [-0.3, -0.25) is 9.59 Å². The van der Waals surface area contributed by atoms with Gasteiger partial charge < -0.3 is 16.0 Å². The Labute approximate surface area is 111 Å². The maximum Gasteiger partial charge on any atom is 0.249 e. The van der Waals surface area contributed by atoms with Crippen LogP contribution in [0.25, 0.3) is 0 Å². The summed E-state index contributed by atoms with van der Waals surface area (Å²) in [6.07, 6.45) is 1.79. The molecule has 19 heavy (non-hydrogen) atoms. The number of anilines is 1. The maximum absolute atomic E-state index is 12.5. The molecule has 1 fully saturated rings. The van der Waals surface area contributed by atoms with Gasteiger partial charge in [-0.2, -0.15) is 0 Å². The Morgan fingerprint density at radius 1 is 1.37 bits per heavy atom. The number of nitrogens with zero attached hydrogens (tertiary/aromatic N) is 1. The van der Waals surface area contributed by atoms with E-state index >= 15 is 0 Å². The van der Waals surface area contributed by atoms with Crippen LogP contribution in [0.3, 0.4) is 0 Å². The van der Waals surface area contributed by atoms with Crippen LogP contribution in [0.2, 0.25) is 0 Å². The molecule has 0 radical (unpaired) electrons. The first kappa shape index (κ1) is 12.2. The van der Waals surface area contributed by atoms with Crippen LogP contribution in [0.15, 0.2) is 24.3 Å². The zero-order valence-electron chi connectivity index (χ0n) is 10.6. The van der Waals surface area contributed by atoms with Gasteiger partial charge in [-0.1, -0.05) is 18.2 Å². The number of amides is 2. The van der Waals surface area contributed by atoms with E-state index in [1.807, 2.05) is 24.3 Å². The Morgan fingerprint density at radius 3 is 2.89 bits per heavy atom. The second kappa shape index (κ2) is 4.66. The van der Waals surface area contributed by atoms with E-state index < -0.39 is 6.04 Å². The average molecular weight is 259 g/mol. The fourth-order valence-electron chi connectivity index (χ4n) is 2.82. The monoisotopic (exact) mass is 259 g/mol. The minimum atomic E-state index is -0.397. The number of nitrogens with two attached hydrogens (primary N) is 1. The van der Waals surface area contributed by atoms with Gasteiger partial charge in [0, 0.05) is 24.7 Å². The number of fused-ring (bicyclic) bond motifs is 1. The molecule has 1 unspecified atom stereocenters. The molecule has 0 bridgehead atoms. The zero-order chi connectivity index (χ0) is 13.4. The summed E-state index contributed by atoms with van der Waals surface area (Å²) in [5.41, 5.74) is 8.04. The van der Waals surface area contributed by atoms with Crippen LogP contribution in [0.5, 0.6) is 0 Å². The van der Waals surface area contributed by atoms with E-state index in [1.54, 1.807) is 4.90 Å². The van der Waals surface area contributed by atoms with Crippen molar-refractivity contribution in [1.82, 2.24) is 5.32 Å². The van der Waals surface area contributed by atoms with E-state index in [9.17, 15) is 9.59 Å². The third-order valence-corrected chi connectivity index (χ3v) is 3.74. The summed E-state index contributed by atoms with van der Waals surface area (Å²) in [7, 11) is 0. The molecule has 2 amide bonds. The van der Waals surface area contributed by atoms with Gasteiger partial charge >= 0.3 is 0 Å². The fourth-order valence-corrected chi connectivity index (χ4v) is 2.82. The van der Waals surface area contributed by atoms with E-state index in [0.717, 1.165) is 17.7 Å². The summed E-state index contributed by atoms with van der Waals surface area (Å²) in [5.74, 6) is -0.0959. The number of benzene rings is 1. The second-order valence-electron chi connectivity index (χ2n) is 5.20. The quantitative estimate of drug-likeness (QED) is 0.755. The van der Waals surface area contributed by atoms with Crippen molar-refractivity contribution in [3.63, 3.8) is 0 Å². The van der Waals surface area contributed by atoms with Crippen LogP contribution < -0.4 is 16.0 Å². The van der Waals surface area contributed by atoms with Crippen molar-refractivity contribution in [1.29, 1.82) is 0 Å². The maximum atomic E-state index is 12.5. The molecule has 2 aliphatic heterocycles. The lowest BCUT2D eigenvalue weighted by Gasteiger charge is -2.34. The Morgan fingerprint density at radius 2 is 2.16 bits per heavy atom. The lowest BCUT2D eigenvalue weighted by atomic mass is 9.97. The van der Waals surface area contributed by atoms with Gasteiger partial charge in [-0.25, -0.2) is 0 Å². The number of para-hydroxylation sites is 1. The first-order valence-electron chi connectivity index (χ1n) is 6.59. The third kappa shape index (κ3) is 2.21. The molecule has 2 atom stereocenters. The van der Waals surface area contributed by atoms with Crippen molar-refractivity contribution in [2.75, 3.05) is 11.4 Å². The SMILES string of the molecule is NC1Cc2ccccc2N(C(=O)[C@H]2CCC(=O)N2)C1. The Hall–Kier alpha value is -1.88. The van der Waals surface area contributed by atoms with Gasteiger partial charge in [-0.15, -0.1) is 0 Å². The highest BCUT2D eigenvalue weighted by Crippen LogP contribution is 2.27. The van der Waals surface area contributed by atoms with Gasteiger partial charge in [0.2, 0.25) is 11.8 Å². The van der Waals surface area contributed by atoms with E-state index in [-0.39, 0.29) is 17.9 Å². The van der Waals surface area contributed by atoms with Gasteiger partial charge in [0.1, 0.15) is 6.04 Å². The normalized spacial score (nSPS) is 25.9. The van der Waals surface area contributed by atoms with E-state index in [1.165, 1.54) is 0 Å². The van der Waals surface area contributed by atoms with Crippen LogP contribution in [0.4, 0.5) is 5.69 Å². The molecule has 3 rings (SSSR count). The van der Waals surface area contributed by atoms with Gasteiger partial charge in [0.05, 0.1) is 0 Å². The van der Waals surface area contributed by atoms with E-state index in [0.29, 0.717) is 19.4 Å². The molecule has 1 aromatic rings. The largest absolute Gasteiger partial charge is 0.344 e. The predicted octanol–water partition coefficient (Wildman–Crippen LogP) is 0.182. The van der Waals surface area contributed by atoms with Crippen molar-refractivity contribution in [3.8, 4) is 0 Å². The van der Waals surface area contributed by atoms with Crippen LogP contribution in [-0.2, 0) is 16.0 Å². The summed E-state index contributed by atoms with van der Waals surface area (Å²) in [5, 5.41) is 2.73. The topological polar surface area (TPSA) is 75.4 Å². The molecule has 5 heteroatoms. The van der Waals surface area contributed by atoms with Crippen molar-refractivity contribution in [2.24, 2.45) is 5.73 Å². The Bertz CT molecular complexity index is 529. The van der Waals surface area contributed by atoms with Gasteiger partial charge in [0.25, 0.3) is 0 Å². The number of nitrogens with one attached hydrogen (secondary N) is 1. The average Bonchev–Trinajstić information content (AvgIpc) is 2.83. The van der Waals surface area contributed by atoms with Crippen LogP contribution in [0.1, 0.15) is 18.4 Å². The highest BCUT2D eigenvalue weighted by atomic mass is 16.2. The van der Waals surface area contributed by atoms with Crippen molar-refractivity contribution < 1.29 is 9.59 Å². The molecule has 2 heterocycles. The van der Waals surface area contributed by atoms with E-state index in [2.05, 4.69) is 5.32 Å². The highest BCUT2D eigenvalue weighted by molar-refractivity contribution is 6.01. The molecule has 0 saturated carbocycles. The first-order chi connectivity index (χ1) is 9.15. The van der Waals surface area contributed by atoms with Crippen LogP contribution in [-0.4, -0.2) is 30.4 Å². The summed E-state index contributed by atoms with van der Waals surface area (Å²) < 4.78 is 0. The summed E-state index contributed by atoms with van der Waals surface area (Å²) in [6.45, 7) is 0.516. The molecular weight excluding hydrogens is 242 g/mol. The molecule has 1 saturated heterocycles. The zero-order valence-corrected chi connectivity index (χ0v) is 10.6. The number of hydrogen-bond acceptors (Lipinski definition) is 3. The van der Waals surface area contributed by atoms with Gasteiger partial charge in [-0.05, 0) is 24.5 Å². The predicted molar refractivity (Wildman–Crippen MR) is 71.6 cm³/mol.